The molecule has 0 aliphatic carbocycles. The summed E-state index contributed by atoms with van der Waals surface area (Å²) in [5.41, 5.74) is 0. The highest BCUT2D eigenvalue weighted by Crippen LogP contribution is 1.87. The van der Waals surface area contributed by atoms with Gasteiger partial charge < -0.3 is 17.2 Å². The van der Waals surface area contributed by atoms with Crippen LogP contribution in [0.5, 0.6) is 0 Å². The summed E-state index contributed by atoms with van der Waals surface area (Å²) in [5.74, 6) is 1.10. The molecule has 1 rings (SSSR count). The molecule has 0 fully saturated rings. The Morgan fingerprint density at radius 3 is 2.64 bits per heavy atom. The normalized spacial score (nSPS) is 9.00. The minimum absolute atomic E-state index is 0. The molecule has 4 heteroatoms. The summed E-state index contributed by atoms with van der Waals surface area (Å²) in [6, 6.07) is 0. The molecule has 0 N–H and O–H groups in total. The van der Waals surface area contributed by atoms with Crippen molar-refractivity contribution in [3.8, 4) is 0 Å². The van der Waals surface area contributed by atoms with Crippen LogP contribution >= 0.6 is 0 Å². The Bertz CT molecular complexity index is 222. The summed E-state index contributed by atoms with van der Waals surface area (Å²) in [6.07, 6.45) is 3.86. The summed E-state index contributed by atoms with van der Waals surface area (Å²) < 4.78 is 3.77. The van der Waals surface area contributed by atoms with E-state index in [0.29, 0.717) is 6.61 Å². The number of aromatic nitrogens is 2. The molecule has 0 saturated carbocycles. The number of nitrogens with zero attached hydrogens (tertiary/aromatic N) is 2. The third-order valence-electron chi connectivity index (χ3n) is 1.52. The molecule has 0 radical (unpaired) electrons. The molecule has 0 aliphatic heterocycles. The molecule has 0 spiro atoms. The smallest absolute Gasteiger partial charge is 0.293 e. The maximum atomic E-state index is 5.25. The monoisotopic (exact) mass is 176 g/mol. The number of halogens is 1. The number of hydrogen-bond acceptors (Lipinski definition) is 1. The van der Waals surface area contributed by atoms with Gasteiger partial charge in [0.25, 0.3) is 5.82 Å². The third kappa shape index (κ3) is 2.12. The Hall–Kier alpha value is -0.700. The van der Waals surface area contributed by atoms with Crippen LogP contribution in [0.25, 0.3) is 0 Å². The maximum Gasteiger partial charge on any atom is 0.293 e. The van der Waals surface area contributed by atoms with Crippen LogP contribution in [0.1, 0.15) is 12.7 Å². The van der Waals surface area contributed by atoms with Crippen molar-refractivity contribution in [1.29, 1.82) is 0 Å². The van der Waals surface area contributed by atoms with E-state index in [2.05, 4.69) is 0 Å². The van der Waals surface area contributed by atoms with Gasteiger partial charge in [-0.25, -0.2) is 4.57 Å². The Balaban J connectivity index is 0.000001000. The summed E-state index contributed by atoms with van der Waals surface area (Å²) in [7, 11) is 1.99. The minimum Gasteiger partial charge on any atom is -1.00 e. The molecule has 0 amide bonds. The molecule has 1 aromatic heterocycles. The van der Waals surface area contributed by atoms with Crippen molar-refractivity contribution in [3.63, 3.8) is 0 Å². The Labute approximate surface area is 73.0 Å². The van der Waals surface area contributed by atoms with Crippen LogP contribution in [-0.2, 0) is 7.05 Å². The van der Waals surface area contributed by atoms with Crippen LogP contribution in [0.2, 0.25) is 0 Å². The lowest BCUT2D eigenvalue weighted by atomic mass is 10.7. The zero-order valence-corrected chi connectivity index (χ0v) is 7.80. The molecule has 1 heterocycles. The third-order valence-corrected chi connectivity index (χ3v) is 1.52. The van der Waals surface area contributed by atoms with Crippen molar-refractivity contribution in [2.45, 2.75) is 13.8 Å². The second-order valence-corrected chi connectivity index (χ2v) is 2.20. The molecule has 1 aromatic rings. The van der Waals surface area contributed by atoms with Gasteiger partial charge in [0.15, 0.2) is 6.20 Å². The van der Waals surface area contributed by atoms with Gasteiger partial charge in [-0.15, -0.1) is 0 Å². The summed E-state index contributed by atoms with van der Waals surface area (Å²) in [6.45, 7) is 4.69. The van der Waals surface area contributed by atoms with E-state index in [1.54, 1.807) is 4.73 Å². The number of aryl methyl sites for hydroxylation is 1. The number of rotatable bonds is 2. The van der Waals surface area contributed by atoms with Crippen LogP contribution in [-0.4, -0.2) is 11.3 Å². The first-order valence-electron chi connectivity index (χ1n) is 3.42. The predicted molar refractivity (Wildman–Crippen MR) is 37.5 cm³/mol. The molecule has 64 valence electrons. The number of imidazole rings is 1. The molecule has 0 unspecified atom stereocenters. The first-order chi connectivity index (χ1) is 4.75. The van der Waals surface area contributed by atoms with E-state index in [4.69, 9.17) is 4.84 Å². The molecule has 3 nitrogen and oxygen atoms in total. The number of hydrogen-bond donors (Lipinski definition) is 0. The highest BCUT2D eigenvalue weighted by Gasteiger charge is 2.07. The van der Waals surface area contributed by atoms with E-state index >= 15 is 0 Å². The average molecular weight is 177 g/mol. The first-order valence-corrected chi connectivity index (χ1v) is 3.42. The Morgan fingerprint density at radius 1 is 1.64 bits per heavy atom. The molecular weight excluding hydrogens is 164 g/mol. The second kappa shape index (κ2) is 4.23. The van der Waals surface area contributed by atoms with Crippen molar-refractivity contribution in [3.05, 3.63) is 18.2 Å². The summed E-state index contributed by atoms with van der Waals surface area (Å²) in [4.78, 5) is 5.25. The highest BCUT2D eigenvalue weighted by atomic mass is 35.5. The van der Waals surface area contributed by atoms with E-state index in [9.17, 15) is 0 Å². The molecule has 0 aliphatic rings. The average Bonchev–Trinajstić information content (AvgIpc) is 2.20. The van der Waals surface area contributed by atoms with Gasteiger partial charge in [-0.3, -0.25) is 0 Å². The lowest BCUT2D eigenvalue weighted by Gasteiger charge is -1.95. The van der Waals surface area contributed by atoms with Gasteiger partial charge in [0.2, 0.25) is 0 Å². The lowest BCUT2D eigenvalue weighted by molar-refractivity contribution is -0.678. The van der Waals surface area contributed by atoms with Crippen LogP contribution in [0, 0.1) is 6.92 Å². The predicted octanol–water partition coefficient (Wildman–Crippen LogP) is -2.93. The van der Waals surface area contributed by atoms with E-state index in [1.165, 1.54) is 0 Å². The fourth-order valence-corrected chi connectivity index (χ4v) is 0.807. The van der Waals surface area contributed by atoms with E-state index < -0.39 is 0 Å². The van der Waals surface area contributed by atoms with Gasteiger partial charge >= 0.3 is 0 Å². The van der Waals surface area contributed by atoms with Gasteiger partial charge in [-0.2, -0.15) is 0 Å². The van der Waals surface area contributed by atoms with Gasteiger partial charge in [0.1, 0.15) is 12.8 Å². The minimum atomic E-state index is 0. The Kier molecular flexibility index (Phi) is 3.97. The van der Waals surface area contributed by atoms with E-state index in [-0.39, 0.29) is 12.4 Å². The van der Waals surface area contributed by atoms with Crippen molar-refractivity contribution in [1.82, 2.24) is 4.73 Å². The van der Waals surface area contributed by atoms with Gasteiger partial charge in [0.05, 0.1) is 7.05 Å². The SMILES string of the molecule is CCOn1cc[n+](C)c1C.[Cl-]. The van der Waals surface area contributed by atoms with Crippen LogP contribution < -0.4 is 21.8 Å². The quantitative estimate of drug-likeness (QED) is 0.442. The Morgan fingerprint density at radius 2 is 2.27 bits per heavy atom. The molecule has 0 saturated heterocycles. The zero-order chi connectivity index (χ0) is 7.56. The summed E-state index contributed by atoms with van der Waals surface area (Å²) >= 11 is 0. The fraction of sp³-hybridized carbons (Fsp3) is 0.571. The van der Waals surface area contributed by atoms with Crippen LogP contribution in [0.4, 0.5) is 0 Å². The van der Waals surface area contributed by atoms with Crippen LogP contribution in [0.3, 0.4) is 0 Å². The van der Waals surface area contributed by atoms with Crippen LogP contribution in [0.15, 0.2) is 12.4 Å². The van der Waals surface area contributed by atoms with Crippen molar-refractivity contribution in [2.24, 2.45) is 7.05 Å². The topological polar surface area (TPSA) is 18.0 Å². The first kappa shape index (κ1) is 10.3. The van der Waals surface area contributed by atoms with Crippen molar-refractivity contribution < 1.29 is 21.8 Å². The van der Waals surface area contributed by atoms with E-state index in [0.717, 1.165) is 5.82 Å². The van der Waals surface area contributed by atoms with Gasteiger partial charge in [-0.1, -0.05) is 4.73 Å². The largest absolute Gasteiger partial charge is 1.00 e. The van der Waals surface area contributed by atoms with Crippen molar-refractivity contribution in [2.75, 3.05) is 6.61 Å². The van der Waals surface area contributed by atoms with Gasteiger partial charge in [-0.05, 0) is 6.92 Å². The fourth-order valence-electron chi connectivity index (χ4n) is 0.807. The second-order valence-electron chi connectivity index (χ2n) is 2.20. The molecule has 0 atom stereocenters. The molecule has 0 aromatic carbocycles. The molecule has 11 heavy (non-hydrogen) atoms. The van der Waals surface area contributed by atoms with E-state index in [1.807, 2.05) is 37.9 Å². The standard InChI is InChI=1S/C7H13N2O.ClH/c1-4-10-9-6-5-8(3)7(9)2;/h5-6H,4H2,1-3H3;1H/q+1;/p-1. The molecule has 0 bridgehead atoms. The lowest BCUT2D eigenvalue weighted by Crippen LogP contribution is -3.00. The zero-order valence-electron chi connectivity index (χ0n) is 7.04. The summed E-state index contributed by atoms with van der Waals surface area (Å²) in [5, 5.41) is 0. The highest BCUT2D eigenvalue weighted by molar-refractivity contribution is 4.74. The maximum absolute atomic E-state index is 5.25. The van der Waals surface area contributed by atoms with Crippen molar-refractivity contribution >= 4 is 0 Å². The van der Waals surface area contributed by atoms with Gasteiger partial charge in [0, 0.05) is 6.92 Å². The molecular formula is C7H13ClN2O.